The number of piperazine rings is 1. The molecule has 0 unspecified atom stereocenters. The van der Waals surface area contributed by atoms with E-state index < -0.39 is 58.5 Å². The predicted octanol–water partition coefficient (Wildman–Crippen LogP) is 4.12. The number of amides is 3. The number of hydrogen-bond donors (Lipinski definition) is 3. The van der Waals surface area contributed by atoms with Gasteiger partial charge < -0.3 is 25.4 Å². The summed E-state index contributed by atoms with van der Waals surface area (Å²) in [5.41, 5.74) is -1.95. The molecule has 9 nitrogen and oxygen atoms in total. The molecule has 11 heteroatoms. The van der Waals surface area contributed by atoms with Crippen molar-refractivity contribution in [2.24, 2.45) is 5.92 Å². The van der Waals surface area contributed by atoms with E-state index in [9.17, 15) is 28.3 Å². The van der Waals surface area contributed by atoms with Crippen molar-refractivity contribution in [1.29, 1.82) is 0 Å². The van der Waals surface area contributed by atoms with Crippen molar-refractivity contribution in [3.8, 4) is 0 Å². The Hall–Kier alpha value is -2.79. The van der Waals surface area contributed by atoms with Crippen LogP contribution < -0.4 is 15.5 Å². The Morgan fingerprint density at radius 2 is 1.76 bits per heavy atom. The number of nitrogens with zero attached hydrogens (tertiary/aromatic N) is 2. The molecular formula is C30H46F2N4O5. The Morgan fingerprint density at radius 3 is 2.34 bits per heavy atom. The fraction of sp³-hybridized carbons (Fsp3) is 0.700. The number of para-hydroxylation sites is 1. The first-order valence-electron chi connectivity index (χ1n) is 14.5. The summed E-state index contributed by atoms with van der Waals surface area (Å²) in [5, 5.41) is 17.1. The molecule has 3 N–H and O–H groups in total. The van der Waals surface area contributed by atoms with Gasteiger partial charge >= 0.3 is 6.09 Å². The molecule has 2 aliphatic rings. The average Bonchev–Trinajstić information content (AvgIpc) is 2.85. The monoisotopic (exact) mass is 580 g/mol. The van der Waals surface area contributed by atoms with Gasteiger partial charge in [-0.3, -0.25) is 14.5 Å². The fourth-order valence-corrected chi connectivity index (χ4v) is 5.48. The molecule has 0 aromatic heterocycles. The number of rotatable bonds is 9. The molecule has 1 aromatic carbocycles. The summed E-state index contributed by atoms with van der Waals surface area (Å²) in [7, 11) is 0. The van der Waals surface area contributed by atoms with Crippen LogP contribution in [0.3, 0.4) is 0 Å². The van der Waals surface area contributed by atoms with Gasteiger partial charge in [0.1, 0.15) is 22.9 Å². The Balaban J connectivity index is 1.75. The first-order chi connectivity index (χ1) is 19.1. The number of alkyl carbamates (subject to hydrolysis) is 1. The second-order valence-corrected chi connectivity index (χ2v) is 13.0. The first-order valence-corrected chi connectivity index (χ1v) is 14.5. The van der Waals surface area contributed by atoms with Crippen LogP contribution in [0.2, 0.25) is 0 Å². The van der Waals surface area contributed by atoms with Crippen LogP contribution in [0, 0.1) is 17.6 Å². The highest BCUT2D eigenvalue weighted by atomic mass is 19.1. The van der Waals surface area contributed by atoms with Gasteiger partial charge in [0.15, 0.2) is 0 Å². The molecule has 3 amide bonds. The Morgan fingerprint density at radius 1 is 1.15 bits per heavy atom. The van der Waals surface area contributed by atoms with Gasteiger partial charge in [0, 0.05) is 30.6 Å². The number of aliphatic hydroxyl groups excluding tert-OH is 1. The summed E-state index contributed by atoms with van der Waals surface area (Å²) in [6.07, 6.45) is 3.41. The van der Waals surface area contributed by atoms with E-state index in [4.69, 9.17) is 4.74 Å². The van der Waals surface area contributed by atoms with Gasteiger partial charge in [-0.05, 0) is 66.0 Å². The minimum Gasteiger partial charge on any atom is -0.444 e. The maximum Gasteiger partial charge on any atom is 0.408 e. The van der Waals surface area contributed by atoms with Gasteiger partial charge in [0.05, 0.1) is 18.7 Å². The smallest absolute Gasteiger partial charge is 0.408 e. The molecule has 1 aromatic rings. The van der Waals surface area contributed by atoms with Crippen molar-refractivity contribution in [2.45, 2.75) is 109 Å². The van der Waals surface area contributed by atoms with E-state index >= 15 is 0 Å². The SMILES string of the molecule is C[C@H](C[C@H](O)[C@H](CN1CC(=O)N(c2c(F)cccc2F)CC1(C)C)NC(=O)OC(C)(C)C)C(=O)NC1CCCCC1. The standard InChI is InChI=1S/C30H46F2N4O5/c1-19(27(39)33-20-11-8-7-9-12-20)15-24(37)23(34-28(40)41-29(2,3)4)16-35-17-25(38)36(18-30(35,5)6)26-21(31)13-10-14-22(26)32/h10,13-14,19-20,23-24,37H,7-9,11-12,15-18H2,1-6H3,(H,33,39)(H,34,40)/t19-,23+,24+/m1/s1. The van der Waals surface area contributed by atoms with E-state index in [1.807, 2.05) is 13.8 Å². The summed E-state index contributed by atoms with van der Waals surface area (Å²) in [4.78, 5) is 41.6. The highest BCUT2D eigenvalue weighted by Gasteiger charge is 2.42. The summed E-state index contributed by atoms with van der Waals surface area (Å²) in [6, 6.07) is 2.69. The zero-order valence-corrected chi connectivity index (χ0v) is 25.1. The summed E-state index contributed by atoms with van der Waals surface area (Å²) in [6.45, 7) is 10.4. The van der Waals surface area contributed by atoms with Gasteiger partial charge in [0.2, 0.25) is 11.8 Å². The number of benzene rings is 1. The van der Waals surface area contributed by atoms with E-state index in [1.165, 1.54) is 12.5 Å². The zero-order valence-electron chi connectivity index (χ0n) is 25.1. The second-order valence-electron chi connectivity index (χ2n) is 13.0. The van der Waals surface area contributed by atoms with Crippen molar-refractivity contribution in [2.75, 3.05) is 24.5 Å². The molecule has 0 bridgehead atoms. The first kappa shape index (κ1) is 32.7. The summed E-state index contributed by atoms with van der Waals surface area (Å²) >= 11 is 0. The maximum atomic E-state index is 14.5. The van der Waals surface area contributed by atoms with Crippen LogP contribution in [-0.4, -0.2) is 76.9 Å². The number of nitrogens with one attached hydrogen (secondary N) is 2. The van der Waals surface area contributed by atoms with E-state index in [1.54, 1.807) is 32.6 Å². The van der Waals surface area contributed by atoms with Crippen molar-refractivity contribution in [1.82, 2.24) is 15.5 Å². The zero-order chi connectivity index (χ0) is 30.5. The van der Waals surface area contributed by atoms with Crippen molar-refractivity contribution < 1.29 is 33.0 Å². The number of carbonyl (C=O) groups is 3. The largest absolute Gasteiger partial charge is 0.444 e. The third-order valence-corrected chi connectivity index (χ3v) is 7.81. The molecule has 0 spiro atoms. The van der Waals surface area contributed by atoms with Gasteiger partial charge in [-0.2, -0.15) is 0 Å². The predicted molar refractivity (Wildman–Crippen MR) is 152 cm³/mol. The molecule has 230 valence electrons. The highest BCUT2D eigenvalue weighted by molar-refractivity contribution is 5.96. The lowest BCUT2D eigenvalue weighted by molar-refractivity contribution is -0.126. The molecule has 3 rings (SSSR count). The molecule has 1 heterocycles. The molecule has 2 fully saturated rings. The summed E-state index contributed by atoms with van der Waals surface area (Å²) in [5.74, 6) is -2.85. The number of carbonyl (C=O) groups excluding carboxylic acids is 3. The quantitative estimate of drug-likeness (QED) is 0.405. The minimum atomic E-state index is -1.14. The Bertz CT molecular complexity index is 1070. The second kappa shape index (κ2) is 13.5. The third-order valence-electron chi connectivity index (χ3n) is 7.81. The molecule has 1 saturated carbocycles. The van der Waals surface area contributed by atoms with Gasteiger partial charge in [-0.25, -0.2) is 13.6 Å². The van der Waals surface area contributed by atoms with Crippen molar-refractivity contribution in [3.63, 3.8) is 0 Å². The van der Waals surface area contributed by atoms with E-state index in [2.05, 4.69) is 10.6 Å². The van der Waals surface area contributed by atoms with Crippen LogP contribution in [0.25, 0.3) is 0 Å². The fourth-order valence-electron chi connectivity index (χ4n) is 5.48. The average molecular weight is 581 g/mol. The highest BCUT2D eigenvalue weighted by Crippen LogP contribution is 2.31. The molecule has 41 heavy (non-hydrogen) atoms. The maximum absolute atomic E-state index is 14.5. The number of halogens is 2. The van der Waals surface area contributed by atoms with Crippen LogP contribution in [0.4, 0.5) is 19.3 Å². The van der Waals surface area contributed by atoms with Gasteiger partial charge in [0.25, 0.3) is 0 Å². The third kappa shape index (κ3) is 9.10. The van der Waals surface area contributed by atoms with Crippen LogP contribution in [0.15, 0.2) is 18.2 Å². The summed E-state index contributed by atoms with van der Waals surface area (Å²) < 4.78 is 34.4. The van der Waals surface area contributed by atoms with Crippen LogP contribution in [-0.2, 0) is 14.3 Å². The van der Waals surface area contributed by atoms with E-state index in [0.29, 0.717) is 0 Å². The van der Waals surface area contributed by atoms with Crippen molar-refractivity contribution in [3.05, 3.63) is 29.8 Å². The minimum absolute atomic E-state index is 0.0147. The van der Waals surface area contributed by atoms with Crippen LogP contribution in [0.1, 0.15) is 80.1 Å². The molecule has 1 aliphatic carbocycles. The van der Waals surface area contributed by atoms with Crippen LogP contribution >= 0.6 is 0 Å². The number of ether oxygens (including phenoxy) is 1. The van der Waals surface area contributed by atoms with Crippen LogP contribution in [0.5, 0.6) is 0 Å². The van der Waals surface area contributed by atoms with Crippen molar-refractivity contribution >= 4 is 23.6 Å². The Labute approximate surface area is 242 Å². The number of anilines is 1. The normalized spacial score (nSPS) is 20.7. The molecule has 0 radical (unpaired) electrons. The topological polar surface area (TPSA) is 111 Å². The molecule has 3 atom stereocenters. The molecule has 1 aliphatic heterocycles. The van der Waals surface area contributed by atoms with E-state index in [0.717, 1.165) is 42.7 Å². The van der Waals surface area contributed by atoms with Gasteiger partial charge in [-0.1, -0.05) is 32.3 Å². The Kier molecular flexibility index (Phi) is 10.7. The molecule has 1 saturated heterocycles. The lowest BCUT2D eigenvalue weighted by Gasteiger charge is -2.48. The lowest BCUT2D eigenvalue weighted by atomic mass is 9.92. The van der Waals surface area contributed by atoms with Gasteiger partial charge in [-0.15, -0.1) is 0 Å². The van der Waals surface area contributed by atoms with E-state index in [-0.39, 0.29) is 38.0 Å². The number of aliphatic hydroxyl groups is 1. The molecular weight excluding hydrogens is 534 g/mol. The number of hydrogen-bond acceptors (Lipinski definition) is 6. The lowest BCUT2D eigenvalue weighted by Crippen LogP contribution is -2.65.